The zero-order chi connectivity index (χ0) is 25.1. The lowest BCUT2D eigenvalue weighted by atomic mass is 10.1. The summed E-state index contributed by atoms with van der Waals surface area (Å²) in [5.74, 6) is -2.12. The molecule has 0 aromatic heterocycles. The van der Waals surface area contributed by atoms with Gasteiger partial charge in [-0.15, -0.1) is 0 Å². The Morgan fingerprint density at radius 1 is 1.09 bits per heavy atom. The second-order valence-electron chi connectivity index (χ2n) is 7.41. The summed E-state index contributed by atoms with van der Waals surface area (Å²) >= 11 is 7.23. The van der Waals surface area contributed by atoms with Gasteiger partial charge in [0.15, 0.2) is 5.11 Å². The lowest BCUT2D eigenvalue weighted by molar-refractivity contribution is -0.122. The van der Waals surface area contributed by atoms with E-state index in [1.54, 1.807) is 30.3 Å². The van der Waals surface area contributed by atoms with Crippen molar-refractivity contribution in [2.75, 3.05) is 4.90 Å². The number of ether oxygens (including phenoxy) is 1. The number of thiocarbonyl (C=S) groups is 1. The Hall–Kier alpha value is -3.64. The molecule has 3 aromatic carbocycles. The number of carboxylic acids is 1. The van der Waals surface area contributed by atoms with Crippen LogP contribution in [0.15, 0.2) is 72.3 Å². The fraction of sp³-hybridized carbons (Fsp3) is 0.0400. The third kappa shape index (κ3) is 5.54. The SMILES string of the molecule is O=C1NC(=S)N(c2ccc(F)cc2)C(=O)/C1=C/c1ccc(OCc2ccc(C(=O)O)cc2)c(I)c1. The number of anilines is 1. The summed E-state index contributed by atoms with van der Waals surface area (Å²) in [5, 5.41) is 11.4. The Kier molecular flexibility index (Phi) is 7.22. The van der Waals surface area contributed by atoms with Gasteiger partial charge in [0, 0.05) is 0 Å². The van der Waals surface area contributed by atoms with Gasteiger partial charge in [0.2, 0.25) is 0 Å². The molecule has 176 valence electrons. The molecule has 0 saturated carbocycles. The van der Waals surface area contributed by atoms with Crippen LogP contribution in [0.5, 0.6) is 5.75 Å². The summed E-state index contributed by atoms with van der Waals surface area (Å²) in [6, 6.07) is 16.8. The van der Waals surface area contributed by atoms with Crippen LogP contribution < -0.4 is 15.0 Å². The number of nitrogens with one attached hydrogen (secondary N) is 1. The zero-order valence-corrected chi connectivity index (χ0v) is 20.8. The molecule has 1 aliphatic heterocycles. The number of carboxylic acid groups (broad SMARTS) is 1. The van der Waals surface area contributed by atoms with Crippen LogP contribution in [0.4, 0.5) is 10.1 Å². The van der Waals surface area contributed by atoms with Crippen LogP contribution in [0.2, 0.25) is 0 Å². The molecule has 1 fully saturated rings. The van der Waals surface area contributed by atoms with Gasteiger partial charge in [-0.3, -0.25) is 19.8 Å². The van der Waals surface area contributed by atoms with Crippen LogP contribution in [-0.4, -0.2) is 28.0 Å². The quantitative estimate of drug-likeness (QED) is 0.186. The minimum absolute atomic E-state index is 0.0847. The number of benzene rings is 3. The van der Waals surface area contributed by atoms with Crippen LogP contribution in [-0.2, 0) is 16.2 Å². The van der Waals surface area contributed by atoms with Gasteiger partial charge in [-0.1, -0.05) is 18.2 Å². The number of hydrogen-bond donors (Lipinski definition) is 2. The van der Waals surface area contributed by atoms with Gasteiger partial charge in [-0.05, 0) is 101 Å². The van der Waals surface area contributed by atoms with E-state index >= 15 is 0 Å². The first-order valence-electron chi connectivity index (χ1n) is 10.1. The van der Waals surface area contributed by atoms with Crippen molar-refractivity contribution in [3.63, 3.8) is 0 Å². The number of hydrogen-bond acceptors (Lipinski definition) is 5. The summed E-state index contributed by atoms with van der Waals surface area (Å²) in [4.78, 5) is 37.7. The molecule has 2 N–H and O–H groups in total. The van der Waals surface area contributed by atoms with Crippen LogP contribution in [0.3, 0.4) is 0 Å². The highest BCUT2D eigenvalue weighted by Crippen LogP contribution is 2.26. The largest absolute Gasteiger partial charge is 0.488 e. The summed E-state index contributed by atoms with van der Waals surface area (Å²) < 4.78 is 19.9. The number of carbonyl (C=O) groups excluding carboxylic acids is 2. The lowest BCUT2D eigenvalue weighted by Crippen LogP contribution is -2.54. The molecule has 0 aliphatic carbocycles. The molecule has 4 rings (SSSR count). The van der Waals surface area contributed by atoms with Gasteiger partial charge >= 0.3 is 5.97 Å². The van der Waals surface area contributed by atoms with E-state index in [1.807, 2.05) is 0 Å². The van der Waals surface area contributed by atoms with Gasteiger partial charge < -0.3 is 9.84 Å². The van der Waals surface area contributed by atoms with E-state index in [0.29, 0.717) is 17.0 Å². The van der Waals surface area contributed by atoms with Crippen molar-refractivity contribution in [2.45, 2.75) is 6.61 Å². The molecule has 1 saturated heterocycles. The highest BCUT2D eigenvalue weighted by atomic mass is 127. The molecule has 3 aromatic rings. The van der Waals surface area contributed by atoms with Crippen molar-refractivity contribution in [1.29, 1.82) is 0 Å². The number of amides is 2. The normalized spacial score (nSPS) is 14.7. The van der Waals surface area contributed by atoms with Gasteiger partial charge in [0.05, 0.1) is 14.8 Å². The van der Waals surface area contributed by atoms with Crippen LogP contribution in [0.25, 0.3) is 6.08 Å². The molecule has 0 radical (unpaired) electrons. The monoisotopic (exact) mass is 602 g/mol. The molecular formula is C25H16FIN2O5S. The minimum atomic E-state index is -0.996. The Labute approximate surface area is 218 Å². The number of carbonyl (C=O) groups is 3. The summed E-state index contributed by atoms with van der Waals surface area (Å²) in [7, 11) is 0. The highest BCUT2D eigenvalue weighted by Gasteiger charge is 2.34. The number of halogens is 2. The van der Waals surface area contributed by atoms with E-state index < -0.39 is 23.6 Å². The maximum atomic E-state index is 13.3. The smallest absolute Gasteiger partial charge is 0.335 e. The lowest BCUT2D eigenvalue weighted by Gasteiger charge is -2.28. The Bertz CT molecular complexity index is 1370. The van der Waals surface area contributed by atoms with E-state index in [9.17, 15) is 18.8 Å². The van der Waals surface area contributed by atoms with Gasteiger partial charge in [0.1, 0.15) is 23.7 Å². The molecule has 1 aliphatic rings. The first-order valence-corrected chi connectivity index (χ1v) is 11.6. The Morgan fingerprint density at radius 2 is 1.77 bits per heavy atom. The average molecular weight is 602 g/mol. The maximum Gasteiger partial charge on any atom is 0.335 e. The first kappa shape index (κ1) is 24.5. The molecule has 2 amide bonds. The predicted octanol–water partition coefficient (Wildman–Crippen LogP) is 4.54. The van der Waals surface area contributed by atoms with Crippen molar-refractivity contribution < 1.29 is 28.6 Å². The summed E-state index contributed by atoms with van der Waals surface area (Å²) in [6.07, 6.45) is 1.45. The van der Waals surface area contributed by atoms with E-state index in [-0.39, 0.29) is 22.9 Å². The molecule has 35 heavy (non-hydrogen) atoms. The molecule has 0 bridgehead atoms. The molecule has 7 nitrogen and oxygen atoms in total. The third-order valence-corrected chi connectivity index (χ3v) is 6.18. The van der Waals surface area contributed by atoms with Crippen LogP contribution in [0.1, 0.15) is 21.5 Å². The van der Waals surface area contributed by atoms with Gasteiger partial charge in [0.25, 0.3) is 11.8 Å². The fourth-order valence-electron chi connectivity index (χ4n) is 3.28. The minimum Gasteiger partial charge on any atom is -0.488 e. The third-order valence-electron chi connectivity index (χ3n) is 5.05. The van der Waals surface area contributed by atoms with Crippen molar-refractivity contribution in [3.05, 3.63) is 98.4 Å². The van der Waals surface area contributed by atoms with Gasteiger partial charge in [-0.25, -0.2) is 9.18 Å². The number of rotatable bonds is 6. The summed E-state index contributed by atoms with van der Waals surface area (Å²) in [5.41, 5.74) is 1.81. The molecule has 0 spiro atoms. The first-order chi connectivity index (χ1) is 16.7. The second kappa shape index (κ2) is 10.3. The fourth-order valence-corrected chi connectivity index (χ4v) is 4.25. The van der Waals surface area contributed by atoms with Crippen LogP contribution in [0, 0.1) is 9.39 Å². The maximum absolute atomic E-state index is 13.3. The Balaban J connectivity index is 1.52. The summed E-state index contributed by atoms with van der Waals surface area (Å²) in [6.45, 7) is 0.237. The van der Waals surface area contributed by atoms with E-state index in [2.05, 4.69) is 27.9 Å². The molecule has 0 atom stereocenters. The molecule has 0 unspecified atom stereocenters. The van der Waals surface area contributed by atoms with E-state index in [1.165, 1.54) is 42.5 Å². The number of aromatic carboxylic acids is 1. The van der Waals surface area contributed by atoms with Crippen molar-refractivity contribution >= 4 is 69.5 Å². The molecule has 10 heteroatoms. The van der Waals surface area contributed by atoms with Crippen molar-refractivity contribution in [1.82, 2.24) is 5.32 Å². The van der Waals surface area contributed by atoms with Crippen molar-refractivity contribution in [2.24, 2.45) is 0 Å². The topological polar surface area (TPSA) is 95.9 Å². The highest BCUT2D eigenvalue weighted by molar-refractivity contribution is 14.1. The van der Waals surface area contributed by atoms with Crippen molar-refractivity contribution in [3.8, 4) is 5.75 Å². The zero-order valence-electron chi connectivity index (χ0n) is 17.8. The Morgan fingerprint density at radius 3 is 2.40 bits per heavy atom. The van der Waals surface area contributed by atoms with Gasteiger partial charge in [-0.2, -0.15) is 0 Å². The van der Waals surface area contributed by atoms with Crippen LogP contribution >= 0.6 is 34.8 Å². The number of nitrogens with zero attached hydrogens (tertiary/aromatic N) is 1. The second-order valence-corrected chi connectivity index (χ2v) is 8.96. The standard InChI is InChI=1S/C25H16FIN2O5S/c26-17-6-8-18(9-7-17)29-23(31)19(22(30)28-25(29)35)11-15-3-10-21(20(27)12-15)34-13-14-1-4-16(5-2-14)24(32)33/h1-12H,13H2,(H,32,33)(H,28,30,35)/b19-11+. The predicted molar refractivity (Wildman–Crippen MR) is 139 cm³/mol. The molecular weight excluding hydrogens is 586 g/mol. The molecule has 1 heterocycles. The van der Waals surface area contributed by atoms with E-state index in [4.69, 9.17) is 22.1 Å². The average Bonchev–Trinajstić information content (AvgIpc) is 2.82. The van der Waals surface area contributed by atoms with E-state index in [0.717, 1.165) is 14.0 Å².